The Labute approximate surface area is 189 Å². The molecule has 0 atom stereocenters. The Morgan fingerprint density at radius 1 is 1.16 bits per heavy atom. The molecule has 162 valence electrons. The SMILES string of the molecule is O=C(Nc1c(F)cncc1-c1c(-c2ccc(Cl)cc2)ncn1C1CCCC1)c1ccco1. The average molecular weight is 451 g/mol. The lowest BCUT2D eigenvalue weighted by atomic mass is 10.0. The largest absolute Gasteiger partial charge is 0.459 e. The van der Waals surface area contributed by atoms with Crippen LogP contribution >= 0.6 is 11.6 Å². The molecule has 1 saturated carbocycles. The minimum Gasteiger partial charge on any atom is -0.459 e. The van der Waals surface area contributed by atoms with Crippen molar-refractivity contribution in [3.05, 3.63) is 78.0 Å². The van der Waals surface area contributed by atoms with Gasteiger partial charge in [-0.1, -0.05) is 36.6 Å². The Kier molecular flexibility index (Phi) is 5.49. The Balaban J connectivity index is 1.66. The summed E-state index contributed by atoms with van der Waals surface area (Å²) >= 11 is 6.08. The van der Waals surface area contributed by atoms with Crippen molar-refractivity contribution in [3.63, 3.8) is 0 Å². The molecule has 8 heteroatoms. The van der Waals surface area contributed by atoms with Crippen molar-refractivity contribution in [3.8, 4) is 22.5 Å². The van der Waals surface area contributed by atoms with Crippen molar-refractivity contribution in [1.82, 2.24) is 14.5 Å². The maximum atomic E-state index is 15.0. The van der Waals surface area contributed by atoms with E-state index in [1.54, 1.807) is 30.7 Å². The number of hydrogen-bond donors (Lipinski definition) is 1. The molecule has 1 aromatic carbocycles. The highest BCUT2D eigenvalue weighted by atomic mass is 35.5. The second-order valence-corrected chi connectivity index (χ2v) is 8.21. The summed E-state index contributed by atoms with van der Waals surface area (Å²) in [7, 11) is 0. The van der Waals surface area contributed by atoms with Crippen LogP contribution in [0.5, 0.6) is 0 Å². The molecule has 3 aromatic heterocycles. The van der Waals surface area contributed by atoms with Crippen LogP contribution in [-0.2, 0) is 0 Å². The number of carbonyl (C=O) groups is 1. The molecule has 1 amide bonds. The van der Waals surface area contributed by atoms with E-state index in [4.69, 9.17) is 16.0 Å². The van der Waals surface area contributed by atoms with Gasteiger partial charge in [0.15, 0.2) is 11.6 Å². The van der Waals surface area contributed by atoms with E-state index >= 15 is 0 Å². The topological polar surface area (TPSA) is 73.0 Å². The number of rotatable bonds is 5. The molecular weight excluding hydrogens is 431 g/mol. The predicted octanol–water partition coefficient (Wildman–Crippen LogP) is 6.37. The van der Waals surface area contributed by atoms with Gasteiger partial charge in [-0.2, -0.15) is 0 Å². The molecular formula is C24H20ClFN4O2. The zero-order valence-corrected chi connectivity index (χ0v) is 17.8. The Morgan fingerprint density at radius 2 is 1.94 bits per heavy atom. The van der Waals surface area contributed by atoms with Crippen molar-refractivity contribution >= 4 is 23.2 Å². The van der Waals surface area contributed by atoms with Crippen LogP contribution in [0, 0.1) is 5.82 Å². The van der Waals surface area contributed by atoms with Gasteiger partial charge in [0.2, 0.25) is 0 Å². The number of halogens is 2. The molecule has 0 bridgehead atoms. The molecule has 0 aliphatic heterocycles. The summed E-state index contributed by atoms with van der Waals surface area (Å²) < 4.78 is 22.2. The Hall–Kier alpha value is -3.45. The number of nitrogens with zero attached hydrogens (tertiary/aromatic N) is 3. The smallest absolute Gasteiger partial charge is 0.291 e. The first-order chi connectivity index (χ1) is 15.6. The highest BCUT2D eigenvalue weighted by molar-refractivity contribution is 6.30. The van der Waals surface area contributed by atoms with Crippen LogP contribution in [0.1, 0.15) is 42.3 Å². The molecule has 0 spiro atoms. The zero-order chi connectivity index (χ0) is 22.1. The minimum atomic E-state index is -0.636. The monoisotopic (exact) mass is 450 g/mol. The van der Waals surface area contributed by atoms with E-state index in [1.165, 1.54) is 12.3 Å². The number of nitrogens with one attached hydrogen (secondary N) is 1. The fourth-order valence-electron chi connectivity index (χ4n) is 4.23. The molecule has 6 nitrogen and oxygen atoms in total. The number of carbonyl (C=O) groups excluding carboxylic acids is 1. The number of hydrogen-bond acceptors (Lipinski definition) is 4. The summed E-state index contributed by atoms with van der Waals surface area (Å²) in [6.07, 6.45) is 10.1. The van der Waals surface area contributed by atoms with Crippen LogP contribution in [0.25, 0.3) is 22.5 Å². The lowest BCUT2D eigenvalue weighted by Crippen LogP contribution is -2.14. The van der Waals surface area contributed by atoms with Crippen LogP contribution < -0.4 is 5.32 Å². The number of amides is 1. The minimum absolute atomic E-state index is 0.0383. The lowest BCUT2D eigenvalue weighted by Gasteiger charge is -2.19. The molecule has 32 heavy (non-hydrogen) atoms. The first-order valence-electron chi connectivity index (χ1n) is 10.4. The van der Waals surface area contributed by atoms with Crippen molar-refractivity contribution in [2.45, 2.75) is 31.7 Å². The maximum absolute atomic E-state index is 15.0. The molecule has 0 saturated heterocycles. The van der Waals surface area contributed by atoms with Crippen molar-refractivity contribution in [2.75, 3.05) is 5.32 Å². The summed E-state index contributed by atoms with van der Waals surface area (Å²) in [6, 6.07) is 10.7. The lowest BCUT2D eigenvalue weighted by molar-refractivity contribution is 0.0996. The van der Waals surface area contributed by atoms with Gasteiger partial charge in [-0.25, -0.2) is 9.37 Å². The van der Waals surface area contributed by atoms with Gasteiger partial charge < -0.3 is 14.3 Å². The van der Waals surface area contributed by atoms with Gasteiger partial charge in [0.1, 0.15) is 0 Å². The fourth-order valence-corrected chi connectivity index (χ4v) is 4.36. The summed E-state index contributed by atoms with van der Waals surface area (Å²) in [4.78, 5) is 21.4. The van der Waals surface area contributed by atoms with Crippen molar-refractivity contribution < 1.29 is 13.6 Å². The standard InChI is InChI=1S/C24H20ClFN4O2/c25-16-9-7-15(8-10-16)21-23(30(14-28-21)17-4-1-2-5-17)18-12-27-13-19(26)22(18)29-24(31)20-6-3-11-32-20/h3,6-14,17H,1-2,4-5H2,(H,27,29,31). The molecule has 3 heterocycles. The second-order valence-electron chi connectivity index (χ2n) is 7.77. The maximum Gasteiger partial charge on any atom is 0.291 e. The summed E-state index contributed by atoms with van der Waals surface area (Å²) in [5.41, 5.74) is 2.72. The molecule has 0 radical (unpaired) electrons. The van der Waals surface area contributed by atoms with Gasteiger partial charge >= 0.3 is 0 Å². The van der Waals surface area contributed by atoms with E-state index in [-0.39, 0.29) is 17.5 Å². The van der Waals surface area contributed by atoms with Gasteiger partial charge in [0.05, 0.1) is 35.9 Å². The van der Waals surface area contributed by atoms with Crippen LogP contribution in [0.4, 0.5) is 10.1 Å². The first-order valence-corrected chi connectivity index (χ1v) is 10.8. The summed E-state index contributed by atoms with van der Waals surface area (Å²) in [6.45, 7) is 0. The fraction of sp³-hybridized carbons (Fsp3) is 0.208. The Morgan fingerprint density at radius 3 is 2.66 bits per heavy atom. The molecule has 5 rings (SSSR count). The normalized spacial score (nSPS) is 14.1. The summed E-state index contributed by atoms with van der Waals surface area (Å²) in [5.74, 6) is -1.08. The van der Waals surface area contributed by atoms with Gasteiger partial charge in [-0.3, -0.25) is 9.78 Å². The van der Waals surface area contributed by atoms with E-state index in [9.17, 15) is 9.18 Å². The van der Waals surface area contributed by atoms with Crippen molar-refractivity contribution in [2.24, 2.45) is 0 Å². The third-order valence-corrected chi connectivity index (χ3v) is 6.02. The quantitative estimate of drug-likeness (QED) is 0.383. The average Bonchev–Trinajstić information content (AvgIpc) is 3.56. The molecule has 1 fully saturated rings. The van der Waals surface area contributed by atoms with E-state index in [2.05, 4.69) is 19.9 Å². The summed E-state index contributed by atoms with van der Waals surface area (Å²) in [5, 5.41) is 3.28. The number of imidazole rings is 1. The van der Waals surface area contributed by atoms with Crippen LogP contribution in [-0.4, -0.2) is 20.4 Å². The third kappa shape index (κ3) is 3.80. The van der Waals surface area contributed by atoms with Crippen LogP contribution in [0.3, 0.4) is 0 Å². The molecule has 1 aliphatic carbocycles. The van der Waals surface area contributed by atoms with E-state index in [0.29, 0.717) is 22.0 Å². The highest BCUT2D eigenvalue weighted by Gasteiger charge is 2.27. The zero-order valence-electron chi connectivity index (χ0n) is 17.1. The molecule has 1 N–H and O–H groups in total. The second kappa shape index (κ2) is 8.59. The van der Waals surface area contributed by atoms with Gasteiger partial charge in [0.25, 0.3) is 5.91 Å². The number of benzene rings is 1. The van der Waals surface area contributed by atoms with Gasteiger partial charge in [-0.15, -0.1) is 0 Å². The first kappa shape index (κ1) is 20.5. The van der Waals surface area contributed by atoms with Crippen LogP contribution in [0.15, 0.2) is 65.8 Å². The Bertz CT molecular complexity index is 1250. The molecule has 4 aromatic rings. The van der Waals surface area contributed by atoms with Gasteiger partial charge in [-0.05, 0) is 37.1 Å². The number of furan rings is 1. The number of pyridine rings is 1. The van der Waals surface area contributed by atoms with E-state index in [1.807, 2.05) is 12.1 Å². The number of anilines is 1. The molecule has 0 unspecified atom stereocenters. The van der Waals surface area contributed by atoms with Crippen LogP contribution in [0.2, 0.25) is 5.02 Å². The van der Waals surface area contributed by atoms with E-state index in [0.717, 1.165) is 37.4 Å². The number of aromatic nitrogens is 3. The van der Waals surface area contributed by atoms with E-state index < -0.39 is 11.7 Å². The molecule has 1 aliphatic rings. The van der Waals surface area contributed by atoms with Gasteiger partial charge in [0, 0.05) is 28.4 Å². The predicted molar refractivity (Wildman–Crippen MR) is 120 cm³/mol. The highest BCUT2D eigenvalue weighted by Crippen LogP contribution is 2.41. The third-order valence-electron chi connectivity index (χ3n) is 5.77. The van der Waals surface area contributed by atoms with Crippen molar-refractivity contribution in [1.29, 1.82) is 0 Å².